The van der Waals surface area contributed by atoms with Crippen LogP contribution in [0.5, 0.6) is 0 Å². The van der Waals surface area contributed by atoms with E-state index >= 15 is 0 Å². The number of nitrogens with zero attached hydrogens (tertiary/aromatic N) is 1. The Hall–Kier alpha value is -1.92. The fourth-order valence-electron chi connectivity index (χ4n) is 2.87. The minimum atomic E-state index is -1.15. The summed E-state index contributed by atoms with van der Waals surface area (Å²) in [7, 11) is 0. The maximum Gasteiger partial charge on any atom is 0.331 e. The molecule has 20 heavy (non-hydrogen) atoms. The molecule has 2 rings (SSSR count). The Morgan fingerprint density at radius 2 is 1.90 bits per heavy atom. The summed E-state index contributed by atoms with van der Waals surface area (Å²) in [6.45, 7) is 1.84. The molecule has 5 amide bonds. The molecule has 1 saturated carbocycles. The van der Waals surface area contributed by atoms with E-state index in [1.54, 1.807) is 6.92 Å². The average Bonchev–Trinajstić information content (AvgIpc) is 2.43. The topological polar surface area (TPSA) is 95.6 Å². The molecule has 0 radical (unpaired) electrons. The highest BCUT2D eigenvalue weighted by Crippen LogP contribution is 2.39. The van der Waals surface area contributed by atoms with Crippen LogP contribution in [0.1, 0.15) is 39.0 Å². The van der Waals surface area contributed by atoms with Gasteiger partial charge in [-0.2, -0.15) is 0 Å². The quantitative estimate of drug-likeness (QED) is 0.720. The van der Waals surface area contributed by atoms with E-state index in [1.165, 1.54) is 0 Å². The number of hydrogen-bond donors (Lipinski definition) is 2. The van der Waals surface area contributed by atoms with Gasteiger partial charge in [-0.1, -0.05) is 19.3 Å². The minimum absolute atomic E-state index is 0.340. The number of rotatable bonds is 3. The van der Waals surface area contributed by atoms with Crippen LogP contribution in [0.15, 0.2) is 0 Å². The molecule has 0 bridgehead atoms. The van der Waals surface area contributed by atoms with Crippen molar-refractivity contribution in [1.29, 1.82) is 0 Å². The molecular formula is C13H19N3O4. The van der Waals surface area contributed by atoms with Crippen LogP contribution >= 0.6 is 0 Å². The second-order valence-corrected chi connectivity index (χ2v) is 5.25. The molecule has 0 aromatic carbocycles. The summed E-state index contributed by atoms with van der Waals surface area (Å²) in [4.78, 5) is 48.8. The highest BCUT2D eigenvalue weighted by atomic mass is 16.2. The molecule has 0 aromatic rings. The van der Waals surface area contributed by atoms with E-state index in [1.807, 2.05) is 0 Å². The fourth-order valence-corrected chi connectivity index (χ4v) is 2.87. The van der Waals surface area contributed by atoms with Gasteiger partial charge < -0.3 is 5.32 Å². The van der Waals surface area contributed by atoms with E-state index in [2.05, 4.69) is 10.6 Å². The third-order valence-electron chi connectivity index (χ3n) is 3.94. The number of amides is 5. The fraction of sp³-hybridized carbons (Fsp3) is 0.692. The number of hydrogen-bond acceptors (Lipinski definition) is 4. The Morgan fingerprint density at radius 1 is 1.25 bits per heavy atom. The van der Waals surface area contributed by atoms with E-state index in [-0.39, 0.29) is 6.54 Å². The van der Waals surface area contributed by atoms with Crippen LogP contribution < -0.4 is 10.6 Å². The molecule has 1 aliphatic heterocycles. The maximum atomic E-state index is 12.5. The summed E-state index contributed by atoms with van der Waals surface area (Å²) < 4.78 is 0. The number of carbonyl (C=O) groups excluding carboxylic acids is 4. The lowest BCUT2D eigenvalue weighted by Crippen LogP contribution is -2.65. The lowest BCUT2D eigenvalue weighted by atomic mass is 9.71. The van der Waals surface area contributed by atoms with Gasteiger partial charge in [0.25, 0.3) is 0 Å². The molecule has 1 saturated heterocycles. The van der Waals surface area contributed by atoms with Gasteiger partial charge in [-0.25, -0.2) is 4.79 Å². The summed E-state index contributed by atoms with van der Waals surface area (Å²) in [5.74, 6) is -1.45. The monoisotopic (exact) mass is 281 g/mol. The van der Waals surface area contributed by atoms with Gasteiger partial charge in [-0.05, 0) is 19.8 Å². The number of imide groups is 2. The standard InChI is InChI=1S/C13H19N3O4/c1-2-14-9(17)8-16-11(19)13(6-4-3-5-7-13)10(18)15-12(16)20/h2-8H2,1H3,(H,14,17)(H,15,18,20). The van der Waals surface area contributed by atoms with Crippen molar-refractivity contribution in [3.05, 3.63) is 0 Å². The van der Waals surface area contributed by atoms with Crippen molar-refractivity contribution in [3.8, 4) is 0 Å². The summed E-state index contributed by atoms with van der Waals surface area (Å²) in [6, 6.07) is -0.803. The molecule has 0 aromatic heterocycles. The number of urea groups is 1. The zero-order valence-corrected chi connectivity index (χ0v) is 11.5. The highest BCUT2D eigenvalue weighted by Gasteiger charge is 2.54. The molecule has 110 valence electrons. The molecule has 0 atom stereocenters. The Morgan fingerprint density at radius 3 is 2.50 bits per heavy atom. The van der Waals surface area contributed by atoms with Gasteiger partial charge in [0, 0.05) is 6.54 Å². The van der Waals surface area contributed by atoms with Crippen LogP contribution in [0.25, 0.3) is 0 Å². The van der Waals surface area contributed by atoms with E-state index in [0.29, 0.717) is 19.4 Å². The van der Waals surface area contributed by atoms with E-state index in [0.717, 1.165) is 24.2 Å². The molecule has 1 heterocycles. The zero-order valence-electron chi connectivity index (χ0n) is 11.5. The first-order chi connectivity index (χ1) is 9.51. The first-order valence-corrected chi connectivity index (χ1v) is 6.95. The molecule has 7 heteroatoms. The normalized spacial score (nSPS) is 21.9. The number of barbiturate groups is 1. The van der Waals surface area contributed by atoms with Crippen LogP contribution in [-0.4, -0.2) is 41.7 Å². The zero-order chi connectivity index (χ0) is 14.8. The van der Waals surface area contributed by atoms with E-state index < -0.39 is 29.2 Å². The summed E-state index contributed by atoms with van der Waals surface area (Å²) in [6.07, 6.45) is 3.42. The molecule has 1 aliphatic carbocycles. The summed E-state index contributed by atoms with van der Waals surface area (Å²) in [5, 5.41) is 4.75. The maximum absolute atomic E-state index is 12.5. The Kier molecular flexibility index (Phi) is 4.06. The number of nitrogens with one attached hydrogen (secondary N) is 2. The van der Waals surface area contributed by atoms with Gasteiger partial charge in [0.1, 0.15) is 12.0 Å². The SMILES string of the molecule is CCNC(=O)CN1C(=O)NC(=O)C2(CCCCC2)C1=O. The van der Waals surface area contributed by atoms with Gasteiger partial charge in [0.05, 0.1) is 0 Å². The van der Waals surface area contributed by atoms with Gasteiger partial charge in [0.2, 0.25) is 17.7 Å². The molecule has 2 N–H and O–H groups in total. The lowest BCUT2D eigenvalue weighted by molar-refractivity contribution is -0.155. The molecule has 7 nitrogen and oxygen atoms in total. The second kappa shape index (κ2) is 5.60. The van der Waals surface area contributed by atoms with Crippen molar-refractivity contribution in [2.45, 2.75) is 39.0 Å². The average molecular weight is 281 g/mol. The van der Waals surface area contributed by atoms with Crippen LogP contribution in [0, 0.1) is 5.41 Å². The first kappa shape index (κ1) is 14.5. The highest BCUT2D eigenvalue weighted by molar-refractivity contribution is 6.20. The van der Waals surface area contributed by atoms with Gasteiger partial charge in [-0.15, -0.1) is 0 Å². The molecule has 2 aliphatic rings. The van der Waals surface area contributed by atoms with E-state index in [9.17, 15) is 19.2 Å². The van der Waals surface area contributed by atoms with Crippen molar-refractivity contribution < 1.29 is 19.2 Å². The molecule has 2 fully saturated rings. The second-order valence-electron chi connectivity index (χ2n) is 5.25. The lowest BCUT2D eigenvalue weighted by Gasteiger charge is -2.41. The van der Waals surface area contributed by atoms with Crippen LogP contribution in [0.4, 0.5) is 4.79 Å². The predicted molar refractivity (Wildman–Crippen MR) is 69.5 cm³/mol. The van der Waals surface area contributed by atoms with Crippen molar-refractivity contribution in [2.75, 3.05) is 13.1 Å². The van der Waals surface area contributed by atoms with Gasteiger partial charge in [0.15, 0.2) is 0 Å². The van der Waals surface area contributed by atoms with Crippen LogP contribution in [0.3, 0.4) is 0 Å². The predicted octanol–water partition coefficient (Wildman–Crippen LogP) is 0.151. The van der Waals surface area contributed by atoms with Gasteiger partial charge >= 0.3 is 6.03 Å². The Labute approximate surface area is 117 Å². The van der Waals surface area contributed by atoms with Crippen molar-refractivity contribution in [1.82, 2.24) is 15.5 Å². The van der Waals surface area contributed by atoms with Crippen LogP contribution in [-0.2, 0) is 14.4 Å². The van der Waals surface area contributed by atoms with Gasteiger partial charge in [-0.3, -0.25) is 24.6 Å². The van der Waals surface area contributed by atoms with Crippen molar-refractivity contribution in [2.24, 2.45) is 5.41 Å². The molecule has 1 spiro atoms. The third-order valence-corrected chi connectivity index (χ3v) is 3.94. The van der Waals surface area contributed by atoms with Crippen LogP contribution in [0.2, 0.25) is 0 Å². The summed E-state index contributed by atoms with van der Waals surface area (Å²) in [5.41, 5.74) is -1.15. The third kappa shape index (κ3) is 2.39. The first-order valence-electron chi connectivity index (χ1n) is 6.95. The largest absolute Gasteiger partial charge is 0.355 e. The Balaban J connectivity index is 2.20. The van der Waals surface area contributed by atoms with Crippen molar-refractivity contribution >= 4 is 23.8 Å². The molecular weight excluding hydrogens is 262 g/mol. The number of likely N-dealkylation sites (N-methyl/N-ethyl adjacent to an activating group) is 1. The van der Waals surface area contributed by atoms with Crippen molar-refractivity contribution in [3.63, 3.8) is 0 Å². The Bertz CT molecular complexity index is 455. The number of carbonyl (C=O) groups is 4. The molecule has 0 unspecified atom stereocenters. The minimum Gasteiger partial charge on any atom is -0.355 e. The smallest absolute Gasteiger partial charge is 0.331 e. The van der Waals surface area contributed by atoms with E-state index in [4.69, 9.17) is 0 Å². The summed E-state index contributed by atoms with van der Waals surface area (Å²) >= 11 is 0.